The van der Waals surface area contributed by atoms with Crippen LogP contribution in [0.25, 0.3) is 0 Å². The van der Waals surface area contributed by atoms with Gasteiger partial charge in [0.25, 0.3) is 5.92 Å². The van der Waals surface area contributed by atoms with E-state index in [-0.39, 0.29) is 19.4 Å². The molecule has 0 heterocycles. The number of primary amides is 1. The third-order valence-electron chi connectivity index (χ3n) is 1.67. The number of carbonyl (C=O) groups is 1. The van der Waals surface area contributed by atoms with E-state index in [4.69, 9.17) is 0 Å². The molecule has 0 aromatic carbocycles. The van der Waals surface area contributed by atoms with E-state index >= 15 is 0 Å². The maximum absolute atomic E-state index is 12.1. The van der Waals surface area contributed by atoms with Crippen LogP contribution in [0.3, 0.4) is 0 Å². The van der Waals surface area contributed by atoms with E-state index in [1.54, 1.807) is 0 Å². The molecular formula is C6H9F2NO2. The minimum Gasteiger partial charge on any atom is -0.450 e. The van der Waals surface area contributed by atoms with Gasteiger partial charge in [-0.05, 0) is 6.42 Å². The van der Waals surface area contributed by atoms with Gasteiger partial charge in [0.15, 0.2) is 0 Å². The highest BCUT2D eigenvalue weighted by Gasteiger charge is 2.56. The monoisotopic (exact) mass is 165 g/mol. The van der Waals surface area contributed by atoms with E-state index in [9.17, 15) is 13.6 Å². The second kappa shape index (κ2) is 2.64. The number of hydrogen-bond donors (Lipinski definition) is 1. The van der Waals surface area contributed by atoms with Gasteiger partial charge >= 0.3 is 6.09 Å². The lowest BCUT2D eigenvalue weighted by Crippen LogP contribution is -2.14. The van der Waals surface area contributed by atoms with Gasteiger partial charge in [0.05, 0.1) is 6.61 Å². The molecule has 2 N–H and O–H groups in total. The highest BCUT2D eigenvalue weighted by Crippen LogP contribution is 2.50. The molecule has 11 heavy (non-hydrogen) atoms. The molecule has 0 aromatic heterocycles. The predicted octanol–water partition coefficient (Wildman–Crippen LogP) is 1.13. The summed E-state index contributed by atoms with van der Waals surface area (Å²) in [6.07, 6.45) is -0.792. The molecule has 1 aliphatic carbocycles. The second-order valence-corrected chi connectivity index (χ2v) is 2.62. The Morgan fingerprint density at radius 3 is 2.64 bits per heavy atom. The summed E-state index contributed by atoms with van der Waals surface area (Å²) in [5.74, 6) is -3.14. The number of amides is 1. The molecule has 3 nitrogen and oxygen atoms in total. The summed E-state index contributed by atoms with van der Waals surface area (Å²) in [6, 6.07) is 0. The first-order valence-corrected chi connectivity index (χ1v) is 3.32. The van der Waals surface area contributed by atoms with Crippen molar-refractivity contribution in [2.24, 2.45) is 11.7 Å². The van der Waals surface area contributed by atoms with Crippen molar-refractivity contribution in [3.63, 3.8) is 0 Å². The fraction of sp³-hybridized carbons (Fsp3) is 0.833. The first kappa shape index (κ1) is 8.23. The van der Waals surface area contributed by atoms with Gasteiger partial charge in [0.2, 0.25) is 0 Å². The Labute approximate surface area is 62.5 Å². The average Bonchev–Trinajstić information content (AvgIpc) is 2.39. The number of alkyl halides is 2. The third kappa shape index (κ3) is 2.32. The molecule has 1 amide bonds. The Hall–Kier alpha value is -0.870. The number of carbonyl (C=O) groups excluding carboxylic acids is 1. The molecule has 64 valence electrons. The van der Waals surface area contributed by atoms with Crippen LogP contribution in [0, 0.1) is 5.92 Å². The molecular weight excluding hydrogens is 156 g/mol. The van der Waals surface area contributed by atoms with Crippen LogP contribution in [0.4, 0.5) is 13.6 Å². The maximum Gasteiger partial charge on any atom is 0.404 e. The van der Waals surface area contributed by atoms with Crippen LogP contribution in [0.2, 0.25) is 0 Å². The zero-order chi connectivity index (χ0) is 8.48. The summed E-state index contributed by atoms with van der Waals surface area (Å²) in [6.45, 7) is -0.00438. The molecule has 5 heteroatoms. The van der Waals surface area contributed by atoms with Gasteiger partial charge < -0.3 is 10.5 Å². The van der Waals surface area contributed by atoms with E-state index < -0.39 is 17.9 Å². The normalized spacial score (nSPS) is 26.2. The number of ether oxygens (including phenoxy) is 1. The number of rotatable bonds is 3. The zero-order valence-electron chi connectivity index (χ0n) is 5.85. The lowest BCUT2D eigenvalue weighted by atomic mass is 10.3. The summed E-state index contributed by atoms with van der Waals surface area (Å²) >= 11 is 0. The van der Waals surface area contributed by atoms with Crippen LogP contribution >= 0.6 is 0 Å². The molecule has 1 fully saturated rings. The standard InChI is InChI=1S/C6H9F2NO2/c7-6(8)3-4(6)1-2-11-5(9)10/h4H,1-3H2,(H2,9,10). The molecule has 0 aliphatic heterocycles. The molecule has 1 atom stereocenters. The topological polar surface area (TPSA) is 52.3 Å². The number of hydrogen-bond acceptors (Lipinski definition) is 2. The van der Waals surface area contributed by atoms with Gasteiger partial charge in [0, 0.05) is 12.3 Å². The van der Waals surface area contributed by atoms with Crippen LogP contribution < -0.4 is 5.73 Å². The molecule has 1 saturated carbocycles. The van der Waals surface area contributed by atoms with Crippen molar-refractivity contribution in [3.8, 4) is 0 Å². The Kier molecular flexibility index (Phi) is 1.97. The summed E-state index contributed by atoms with van der Waals surface area (Å²) < 4.78 is 28.6. The molecule has 1 unspecified atom stereocenters. The number of nitrogens with two attached hydrogens (primary N) is 1. The van der Waals surface area contributed by atoms with Crippen molar-refractivity contribution in [1.82, 2.24) is 0 Å². The minimum absolute atomic E-state index is 0.00438. The van der Waals surface area contributed by atoms with Crippen LogP contribution in [0.1, 0.15) is 12.8 Å². The molecule has 1 rings (SSSR count). The van der Waals surface area contributed by atoms with E-state index in [1.165, 1.54) is 0 Å². The van der Waals surface area contributed by atoms with E-state index in [0.717, 1.165) is 0 Å². The highest BCUT2D eigenvalue weighted by atomic mass is 19.3. The van der Waals surface area contributed by atoms with E-state index in [1.807, 2.05) is 0 Å². The van der Waals surface area contributed by atoms with Gasteiger partial charge in [-0.3, -0.25) is 0 Å². The SMILES string of the molecule is NC(=O)OCCC1CC1(F)F. The summed E-state index contributed by atoms with van der Waals surface area (Å²) in [7, 11) is 0. The van der Waals surface area contributed by atoms with Crippen molar-refractivity contribution < 1.29 is 18.3 Å². The van der Waals surface area contributed by atoms with E-state index in [2.05, 4.69) is 10.5 Å². The van der Waals surface area contributed by atoms with Gasteiger partial charge in [-0.1, -0.05) is 0 Å². The zero-order valence-corrected chi connectivity index (χ0v) is 5.85. The largest absolute Gasteiger partial charge is 0.450 e. The maximum atomic E-state index is 12.1. The molecule has 0 bridgehead atoms. The van der Waals surface area contributed by atoms with Gasteiger partial charge in [0.1, 0.15) is 0 Å². The van der Waals surface area contributed by atoms with Crippen molar-refractivity contribution in [2.45, 2.75) is 18.8 Å². The Bertz CT molecular complexity index is 172. The van der Waals surface area contributed by atoms with Crippen LogP contribution in [-0.4, -0.2) is 18.6 Å². The van der Waals surface area contributed by atoms with Crippen molar-refractivity contribution in [3.05, 3.63) is 0 Å². The van der Waals surface area contributed by atoms with Crippen molar-refractivity contribution >= 4 is 6.09 Å². The molecule has 1 aliphatic rings. The highest BCUT2D eigenvalue weighted by molar-refractivity contribution is 5.64. The molecule has 0 saturated heterocycles. The average molecular weight is 165 g/mol. The molecule has 0 radical (unpaired) electrons. The third-order valence-corrected chi connectivity index (χ3v) is 1.67. The van der Waals surface area contributed by atoms with Crippen molar-refractivity contribution in [2.75, 3.05) is 6.61 Å². The fourth-order valence-corrected chi connectivity index (χ4v) is 0.885. The van der Waals surface area contributed by atoms with Crippen LogP contribution in [-0.2, 0) is 4.74 Å². The van der Waals surface area contributed by atoms with Gasteiger partial charge in [-0.2, -0.15) is 0 Å². The van der Waals surface area contributed by atoms with Gasteiger partial charge in [-0.25, -0.2) is 13.6 Å². The Balaban J connectivity index is 2.02. The van der Waals surface area contributed by atoms with Crippen LogP contribution in [0.5, 0.6) is 0 Å². The minimum atomic E-state index is -2.53. The second-order valence-electron chi connectivity index (χ2n) is 2.62. The summed E-state index contributed by atoms with van der Waals surface area (Å²) in [5.41, 5.74) is 4.62. The van der Waals surface area contributed by atoms with E-state index in [0.29, 0.717) is 0 Å². The van der Waals surface area contributed by atoms with Crippen LogP contribution in [0.15, 0.2) is 0 Å². The summed E-state index contributed by atoms with van der Waals surface area (Å²) in [4.78, 5) is 9.98. The lowest BCUT2D eigenvalue weighted by molar-refractivity contribution is 0.0881. The Morgan fingerprint density at radius 1 is 1.73 bits per heavy atom. The number of halogens is 2. The first-order chi connectivity index (χ1) is 5.02. The Morgan fingerprint density at radius 2 is 2.27 bits per heavy atom. The lowest BCUT2D eigenvalue weighted by Gasteiger charge is -1.99. The van der Waals surface area contributed by atoms with Gasteiger partial charge in [-0.15, -0.1) is 0 Å². The quantitative estimate of drug-likeness (QED) is 0.681. The molecule has 0 aromatic rings. The summed E-state index contributed by atoms with van der Waals surface area (Å²) in [5, 5.41) is 0. The fourth-order valence-electron chi connectivity index (χ4n) is 0.885. The first-order valence-electron chi connectivity index (χ1n) is 3.32. The molecule has 0 spiro atoms. The predicted molar refractivity (Wildman–Crippen MR) is 33.2 cm³/mol. The smallest absolute Gasteiger partial charge is 0.404 e. The van der Waals surface area contributed by atoms with Crippen molar-refractivity contribution in [1.29, 1.82) is 0 Å².